The summed E-state index contributed by atoms with van der Waals surface area (Å²) in [5.41, 5.74) is 0.806. The Balaban J connectivity index is 1.48. The molecule has 3 aromatic heterocycles. The molecule has 140 valence electrons. The predicted molar refractivity (Wildman–Crippen MR) is 96.9 cm³/mol. The number of nitrogens with one attached hydrogen (secondary N) is 1. The van der Waals surface area contributed by atoms with Crippen LogP contribution in [0.1, 0.15) is 30.1 Å². The largest absolute Gasteiger partial charge is 0.365 e. The molecule has 3 aromatic rings. The lowest BCUT2D eigenvalue weighted by Crippen LogP contribution is -2.27. The fourth-order valence-corrected chi connectivity index (χ4v) is 3.29. The molecule has 1 unspecified atom stereocenters. The molecule has 1 N–H and O–H groups in total. The highest BCUT2D eigenvalue weighted by Crippen LogP contribution is 2.18. The van der Waals surface area contributed by atoms with Gasteiger partial charge in [0.2, 0.25) is 0 Å². The van der Waals surface area contributed by atoms with Crippen molar-refractivity contribution in [3.8, 4) is 0 Å². The second kappa shape index (κ2) is 7.26. The highest BCUT2D eigenvalue weighted by Gasteiger charge is 2.22. The van der Waals surface area contributed by atoms with Crippen molar-refractivity contribution in [3.63, 3.8) is 0 Å². The van der Waals surface area contributed by atoms with E-state index in [-0.39, 0.29) is 17.5 Å². The first kappa shape index (κ1) is 17.3. The quantitative estimate of drug-likeness (QED) is 0.750. The monoisotopic (exact) mass is 369 g/mol. The molecular formula is C18H20FN7O. The summed E-state index contributed by atoms with van der Waals surface area (Å²) in [4.78, 5) is 24.7. The summed E-state index contributed by atoms with van der Waals surface area (Å²) in [5, 5.41) is 7.63. The van der Waals surface area contributed by atoms with E-state index < -0.39 is 5.82 Å². The molecule has 9 heteroatoms. The van der Waals surface area contributed by atoms with Crippen LogP contribution in [0.5, 0.6) is 0 Å². The average molecular weight is 369 g/mol. The number of hydrogen-bond donors (Lipinski definition) is 1. The topological polar surface area (TPSA) is 90.5 Å². The zero-order valence-electron chi connectivity index (χ0n) is 15.0. The van der Waals surface area contributed by atoms with Crippen molar-refractivity contribution in [1.82, 2.24) is 29.3 Å². The summed E-state index contributed by atoms with van der Waals surface area (Å²) >= 11 is 0. The zero-order valence-corrected chi connectivity index (χ0v) is 15.0. The van der Waals surface area contributed by atoms with E-state index in [0.717, 1.165) is 17.8 Å². The number of fused-ring (bicyclic) bond motifs is 1. The van der Waals surface area contributed by atoms with Crippen molar-refractivity contribution in [1.29, 1.82) is 0 Å². The van der Waals surface area contributed by atoms with Crippen LogP contribution in [0.15, 0.2) is 35.5 Å². The van der Waals surface area contributed by atoms with Gasteiger partial charge < -0.3 is 5.32 Å². The fourth-order valence-electron chi connectivity index (χ4n) is 3.29. The first-order valence-corrected chi connectivity index (χ1v) is 8.91. The molecule has 8 nitrogen and oxygen atoms in total. The van der Waals surface area contributed by atoms with Gasteiger partial charge in [0.1, 0.15) is 11.6 Å². The molecule has 1 aliphatic rings. The molecule has 0 radical (unpaired) electrons. The third-order valence-corrected chi connectivity index (χ3v) is 4.68. The Hall–Kier alpha value is -3.10. The van der Waals surface area contributed by atoms with Crippen LogP contribution in [-0.2, 0) is 19.5 Å². The van der Waals surface area contributed by atoms with Crippen LogP contribution in [0.2, 0.25) is 0 Å². The lowest BCUT2D eigenvalue weighted by Gasteiger charge is -2.17. The minimum atomic E-state index is -0.471. The van der Waals surface area contributed by atoms with Crippen LogP contribution in [0.4, 0.5) is 10.2 Å². The van der Waals surface area contributed by atoms with Crippen molar-refractivity contribution < 1.29 is 4.39 Å². The molecule has 4 rings (SSSR count). The standard InChI is InChI=1S/C18H20FN7O/c1-12-21-10-15(19)17(22-12)23-14-4-5-16-24-26(18(27)25(16)8-6-14)11-13-3-2-7-20-9-13/h2-3,7,9-10,14H,4-6,8,11H2,1H3,(H,21,22,23). The maximum Gasteiger partial charge on any atom is 0.346 e. The van der Waals surface area contributed by atoms with Gasteiger partial charge in [-0.05, 0) is 31.4 Å². The highest BCUT2D eigenvalue weighted by molar-refractivity contribution is 5.36. The first-order valence-electron chi connectivity index (χ1n) is 8.91. The molecule has 0 saturated carbocycles. The summed E-state index contributed by atoms with van der Waals surface area (Å²) in [6.07, 6.45) is 6.67. The Labute approximate surface area is 155 Å². The van der Waals surface area contributed by atoms with Gasteiger partial charge in [-0.15, -0.1) is 0 Å². The van der Waals surface area contributed by atoms with Gasteiger partial charge >= 0.3 is 5.69 Å². The molecule has 0 amide bonds. The summed E-state index contributed by atoms with van der Waals surface area (Å²) < 4.78 is 17.1. The van der Waals surface area contributed by atoms with Gasteiger partial charge in [0, 0.05) is 31.4 Å². The number of aromatic nitrogens is 6. The summed E-state index contributed by atoms with van der Waals surface area (Å²) in [6, 6.07) is 3.77. The van der Waals surface area contributed by atoms with Crippen molar-refractivity contribution in [2.75, 3.05) is 5.32 Å². The van der Waals surface area contributed by atoms with Crippen molar-refractivity contribution in [3.05, 3.63) is 64.2 Å². The highest BCUT2D eigenvalue weighted by atomic mass is 19.1. The van der Waals surface area contributed by atoms with Crippen molar-refractivity contribution >= 4 is 5.82 Å². The third-order valence-electron chi connectivity index (χ3n) is 4.68. The number of rotatable bonds is 4. The molecule has 1 atom stereocenters. The molecule has 0 spiro atoms. The molecule has 0 bridgehead atoms. The number of aryl methyl sites for hydroxylation is 2. The van der Waals surface area contributed by atoms with Gasteiger partial charge in [0.25, 0.3) is 0 Å². The minimum Gasteiger partial charge on any atom is -0.365 e. The van der Waals surface area contributed by atoms with Gasteiger partial charge in [0.15, 0.2) is 11.6 Å². The number of halogens is 1. The second-order valence-electron chi connectivity index (χ2n) is 6.65. The summed E-state index contributed by atoms with van der Waals surface area (Å²) in [7, 11) is 0. The first-order chi connectivity index (χ1) is 13.1. The predicted octanol–water partition coefficient (Wildman–Crippen LogP) is 1.54. The molecule has 27 heavy (non-hydrogen) atoms. The maximum atomic E-state index is 13.9. The Morgan fingerprint density at radius 3 is 3.04 bits per heavy atom. The van der Waals surface area contributed by atoms with E-state index in [9.17, 15) is 9.18 Å². The van der Waals surface area contributed by atoms with Crippen molar-refractivity contribution in [2.24, 2.45) is 0 Å². The molecule has 0 aromatic carbocycles. The molecule has 0 aliphatic carbocycles. The van der Waals surface area contributed by atoms with E-state index in [4.69, 9.17) is 0 Å². The van der Waals surface area contributed by atoms with E-state index in [2.05, 4.69) is 25.4 Å². The Morgan fingerprint density at radius 1 is 1.33 bits per heavy atom. The van der Waals surface area contributed by atoms with Crippen LogP contribution in [0.25, 0.3) is 0 Å². The number of anilines is 1. The smallest absolute Gasteiger partial charge is 0.346 e. The van der Waals surface area contributed by atoms with Crippen LogP contribution < -0.4 is 11.0 Å². The lowest BCUT2D eigenvalue weighted by atomic mass is 10.1. The molecule has 0 saturated heterocycles. The number of nitrogens with zero attached hydrogens (tertiary/aromatic N) is 6. The van der Waals surface area contributed by atoms with E-state index in [1.165, 1.54) is 10.9 Å². The van der Waals surface area contributed by atoms with Gasteiger partial charge in [-0.2, -0.15) is 5.10 Å². The number of hydrogen-bond acceptors (Lipinski definition) is 6. The average Bonchev–Trinajstić information content (AvgIpc) is 2.83. The van der Waals surface area contributed by atoms with Crippen LogP contribution in [0, 0.1) is 12.7 Å². The fraction of sp³-hybridized carbons (Fsp3) is 0.389. The summed E-state index contributed by atoms with van der Waals surface area (Å²) in [5.74, 6) is 1.01. The van der Waals surface area contributed by atoms with E-state index in [1.54, 1.807) is 23.9 Å². The van der Waals surface area contributed by atoms with Gasteiger partial charge in [0.05, 0.1) is 12.7 Å². The van der Waals surface area contributed by atoms with Crippen molar-refractivity contribution in [2.45, 2.75) is 45.3 Å². The Kier molecular flexibility index (Phi) is 4.66. The normalized spacial score (nSPS) is 16.6. The third kappa shape index (κ3) is 3.71. The number of pyridine rings is 1. The molecule has 4 heterocycles. The van der Waals surface area contributed by atoms with E-state index in [1.807, 2.05) is 12.1 Å². The SMILES string of the molecule is Cc1ncc(F)c(NC2CCc3nn(Cc4cccnc4)c(=O)n3CC2)n1. The van der Waals surface area contributed by atoms with Crippen LogP contribution in [0.3, 0.4) is 0 Å². The zero-order chi connectivity index (χ0) is 18.8. The second-order valence-corrected chi connectivity index (χ2v) is 6.65. The van der Waals surface area contributed by atoms with E-state index in [0.29, 0.717) is 31.8 Å². The van der Waals surface area contributed by atoms with Gasteiger partial charge in [-0.25, -0.2) is 23.8 Å². The minimum absolute atomic E-state index is 0.0154. The molecule has 0 fully saturated rings. The Bertz CT molecular complexity index is 999. The summed E-state index contributed by atoms with van der Waals surface area (Å²) in [6.45, 7) is 2.66. The van der Waals surface area contributed by atoms with E-state index >= 15 is 0 Å². The van der Waals surface area contributed by atoms with Gasteiger partial charge in [-0.1, -0.05) is 6.07 Å². The molecule has 1 aliphatic heterocycles. The maximum absolute atomic E-state index is 13.9. The molecular weight excluding hydrogens is 349 g/mol. The lowest BCUT2D eigenvalue weighted by molar-refractivity contribution is 0.545. The van der Waals surface area contributed by atoms with Crippen LogP contribution >= 0.6 is 0 Å². The van der Waals surface area contributed by atoms with Crippen LogP contribution in [-0.4, -0.2) is 35.3 Å². The van der Waals surface area contributed by atoms with Gasteiger partial charge in [-0.3, -0.25) is 9.55 Å². The Morgan fingerprint density at radius 2 is 2.22 bits per heavy atom.